The average molecular weight is 136 g/mol. The topological polar surface area (TPSA) is 9.23 Å². The molecule has 0 atom stereocenters. The van der Waals surface area contributed by atoms with Crippen LogP contribution in [-0.2, 0) is 4.74 Å². The van der Waals surface area contributed by atoms with Gasteiger partial charge in [-0.05, 0) is 6.42 Å². The lowest BCUT2D eigenvalue weighted by Gasteiger charge is -1.93. The summed E-state index contributed by atoms with van der Waals surface area (Å²) >= 11 is 0. The van der Waals surface area contributed by atoms with Crippen LogP contribution < -0.4 is 0 Å². The second kappa shape index (κ2) is 5.69. The normalized spacial score (nSPS) is 9.22. The Morgan fingerprint density at radius 3 is 2.67 bits per heavy atom. The zero-order chi connectivity index (χ0) is 7.11. The Morgan fingerprint density at radius 1 is 1.56 bits per heavy atom. The van der Waals surface area contributed by atoms with Gasteiger partial charge in [0, 0.05) is 12.7 Å². The van der Waals surface area contributed by atoms with E-state index in [9.17, 15) is 8.78 Å². The van der Waals surface area contributed by atoms with Crippen LogP contribution in [0.1, 0.15) is 13.3 Å². The van der Waals surface area contributed by atoms with Crippen molar-refractivity contribution in [2.45, 2.75) is 13.3 Å². The number of rotatable bonds is 4. The molecule has 0 fully saturated rings. The molecule has 9 heavy (non-hydrogen) atoms. The third-order valence-corrected chi connectivity index (χ3v) is 0.704. The van der Waals surface area contributed by atoms with Gasteiger partial charge in [-0.2, -0.15) is 8.78 Å². The van der Waals surface area contributed by atoms with Crippen LogP contribution in [0.4, 0.5) is 8.78 Å². The lowest BCUT2D eigenvalue weighted by Crippen LogP contribution is -1.91. The van der Waals surface area contributed by atoms with E-state index in [1.54, 1.807) is 0 Å². The highest BCUT2D eigenvalue weighted by atomic mass is 19.3. The summed E-state index contributed by atoms with van der Waals surface area (Å²) in [5, 5.41) is 0. The van der Waals surface area contributed by atoms with Gasteiger partial charge in [0.05, 0.1) is 6.61 Å². The van der Waals surface area contributed by atoms with E-state index in [0.29, 0.717) is 6.61 Å². The second-order valence-electron chi connectivity index (χ2n) is 1.57. The van der Waals surface area contributed by atoms with E-state index in [0.717, 1.165) is 12.5 Å². The minimum atomic E-state index is -1.67. The summed E-state index contributed by atoms with van der Waals surface area (Å²) in [5.74, 6) is 0. The first-order valence-electron chi connectivity index (χ1n) is 2.86. The van der Waals surface area contributed by atoms with Crippen molar-refractivity contribution < 1.29 is 13.5 Å². The van der Waals surface area contributed by atoms with Crippen LogP contribution >= 0.6 is 0 Å². The molecule has 0 unspecified atom stereocenters. The summed E-state index contributed by atoms with van der Waals surface area (Å²) in [6.45, 7) is 2.50. The van der Waals surface area contributed by atoms with Gasteiger partial charge in [-0.15, -0.1) is 0 Å². The molecule has 0 N–H and O–H groups in total. The fraction of sp³-hybridized carbons (Fsp3) is 0.667. The predicted octanol–water partition coefficient (Wildman–Crippen LogP) is 2.19. The molecule has 0 heterocycles. The molecule has 0 amide bonds. The summed E-state index contributed by atoms with van der Waals surface area (Å²) in [7, 11) is 0. The Morgan fingerprint density at radius 2 is 2.22 bits per heavy atom. The Bertz CT molecular complexity index is 87.1. The van der Waals surface area contributed by atoms with Crippen molar-refractivity contribution in [2.24, 2.45) is 0 Å². The van der Waals surface area contributed by atoms with Crippen molar-refractivity contribution in [3.8, 4) is 0 Å². The molecule has 0 spiro atoms. The minimum Gasteiger partial charge on any atom is -0.377 e. The molecule has 1 nitrogen and oxygen atoms in total. The highest BCUT2D eigenvalue weighted by molar-refractivity contribution is 4.79. The van der Waals surface area contributed by atoms with E-state index in [1.165, 1.54) is 0 Å². The fourth-order valence-corrected chi connectivity index (χ4v) is 0.350. The first-order chi connectivity index (χ1) is 4.27. The quantitative estimate of drug-likeness (QED) is 0.538. The van der Waals surface area contributed by atoms with Gasteiger partial charge in [0.1, 0.15) is 0 Å². The molecule has 0 aromatic carbocycles. The second-order valence-corrected chi connectivity index (χ2v) is 1.57. The van der Waals surface area contributed by atoms with Crippen LogP contribution in [0.25, 0.3) is 0 Å². The molecule has 0 aromatic heterocycles. The van der Waals surface area contributed by atoms with Crippen molar-refractivity contribution in [2.75, 3.05) is 13.2 Å². The van der Waals surface area contributed by atoms with Crippen molar-refractivity contribution in [1.82, 2.24) is 0 Å². The zero-order valence-corrected chi connectivity index (χ0v) is 5.36. The van der Waals surface area contributed by atoms with Crippen LogP contribution in [0.15, 0.2) is 12.2 Å². The van der Waals surface area contributed by atoms with Crippen molar-refractivity contribution in [3.63, 3.8) is 0 Å². The molecule has 0 saturated carbocycles. The Kier molecular flexibility index (Phi) is 5.41. The predicted molar refractivity (Wildman–Crippen MR) is 31.4 cm³/mol. The highest BCUT2D eigenvalue weighted by Gasteiger charge is 1.85. The SMILES string of the molecule is CCCOCC=C(F)F. The molecule has 54 valence electrons. The maximum absolute atomic E-state index is 11.2. The van der Waals surface area contributed by atoms with E-state index < -0.39 is 6.08 Å². The molecule has 0 aromatic rings. The van der Waals surface area contributed by atoms with E-state index in [2.05, 4.69) is 0 Å². The monoisotopic (exact) mass is 136 g/mol. The summed E-state index contributed by atoms with van der Waals surface area (Å²) in [4.78, 5) is 0. The molecular formula is C6H10F2O. The lowest BCUT2D eigenvalue weighted by molar-refractivity contribution is 0.160. The van der Waals surface area contributed by atoms with Gasteiger partial charge in [0.15, 0.2) is 0 Å². The molecule has 0 saturated heterocycles. The Labute approximate surface area is 53.3 Å². The Balaban J connectivity index is 3.00. The van der Waals surface area contributed by atoms with Gasteiger partial charge in [-0.3, -0.25) is 0 Å². The Hall–Kier alpha value is -0.440. The van der Waals surface area contributed by atoms with Crippen LogP contribution in [0.5, 0.6) is 0 Å². The molecular weight excluding hydrogens is 126 g/mol. The van der Waals surface area contributed by atoms with Crippen LogP contribution in [0.2, 0.25) is 0 Å². The van der Waals surface area contributed by atoms with E-state index >= 15 is 0 Å². The summed E-state index contributed by atoms with van der Waals surface area (Å²) in [5.41, 5.74) is 0. The maximum Gasteiger partial charge on any atom is 0.268 e. The number of hydrogen-bond donors (Lipinski definition) is 0. The molecule has 0 rings (SSSR count). The largest absolute Gasteiger partial charge is 0.377 e. The zero-order valence-electron chi connectivity index (χ0n) is 5.36. The summed E-state index contributed by atoms with van der Waals surface area (Å²) < 4.78 is 27.2. The smallest absolute Gasteiger partial charge is 0.268 e. The third-order valence-electron chi connectivity index (χ3n) is 0.704. The number of hydrogen-bond acceptors (Lipinski definition) is 1. The standard InChI is InChI=1S/C6H10F2O/c1-2-4-9-5-3-6(7)8/h3H,2,4-5H2,1H3. The highest BCUT2D eigenvalue weighted by Crippen LogP contribution is 1.95. The molecule has 3 heteroatoms. The number of ether oxygens (including phenoxy) is 1. The van der Waals surface area contributed by atoms with Gasteiger partial charge in [-0.1, -0.05) is 6.92 Å². The van der Waals surface area contributed by atoms with Crippen molar-refractivity contribution in [1.29, 1.82) is 0 Å². The number of halogens is 2. The molecule has 0 aliphatic carbocycles. The first-order valence-corrected chi connectivity index (χ1v) is 2.86. The summed E-state index contributed by atoms with van der Waals surface area (Å²) in [6, 6.07) is 0. The average Bonchev–Trinajstić information content (AvgIpc) is 1.80. The van der Waals surface area contributed by atoms with E-state index in [-0.39, 0.29) is 6.61 Å². The lowest BCUT2D eigenvalue weighted by atomic mass is 10.5. The molecule has 0 bridgehead atoms. The van der Waals surface area contributed by atoms with Gasteiger partial charge in [0.25, 0.3) is 6.08 Å². The van der Waals surface area contributed by atoms with E-state index in [1.807, 2.05) is 6.92 Å². The fourth-order valence-electron chi connectivity index (χ4n) is 0.350. The third kappa shape index (κ3) is 7.56. The van der Waals surface area contributed by atoms with Crippen molar-refractivity contribution >= 4 is 0 Å². The first kappa shape index (κ1) is 8.56. The van der Waals surface area contributed by atoms with Gasteiger partial charge in [0.2, 0.25) is 0 Å². The minimum absolute atomic E-state index is 0.0240. The molecule has 0 radical (unpaired) electrons. The maximum atomic E-state index is 11.2. The van der Waals surface area contributed by atoms with Crippen LogP contribution in [-0.4, -0.2) is 13.2 Å². The molecule has 0 aliphatic heterocycles. The summed E-state index contributed by atoms with van der Waals surface area (Å²) in [6.07, 6.45) is -0.0525. The van der Waals surface area contributed by atoms with Gasteiger partial charge in [-0.25, -0.2) is 0 Å². The van der Waals surface area contributed by atoms with Crippen LogP contribution in [0, 0.1) is 0 Å². The van der Waals surface area contributed by atoms with Gasteiger partial charge < -0.3 is 4.74 Å². The molecule has 0 aliphatic rings. The van der Waals surface area contributed by atoms with E-state index in [4.69, 9.17) is 4.74 Å². The van der Waals surface area contributed by atoms with Gasteiger partial charge >= 0.3 is 0 Å². The van der Waals surface area contributed by atoms with Crippen LogP contribution in [0.3, 0.4) is 0 Å². The van der Waals surface area contributed by atoms with Crippen molar-refractivity contribution in [3.05, 3.63) is 12.2 Å².